The molecule has 246 valence electrons. The molecule has 0 fully saturated rings. The average Bonchev–Trinajstić information content (AvgIpc) is 3.63. The number of benzene rings is 10. The van der Waals surface area contributed by atoms with Crippen molar-refractivity contribution in [3.8, 4) is 44.5 Å². The van der Waals surface area contributed by atoms with Gasteiger partial charge in [0, 0.05) is 16.2 Å². The summed E-state index contributed by atoms with van der Waals surface area (Å²) in [5, 5.41) is 12.0. The molecule has 11 aromatic rings. The highest BCUT2D eigenvalue weighted by molar-refractivity contribution is 6.26. The van der Waals surface area contributed by atoms with Gasteiger partial charge in [0.25, 0.3) is 0 Å². The van der Waals surface area contributed by atoms with Crippen molar-refractivity contribution in [1.82, 2.24) is 0 Å². The Kier molecular flexibility index (Phi) is 6.62. The summed E-state index contributed by atoms with van der Waals surface area (Å²) >= 11 is 0. The second kappa shape index (κ2) is 11.8. The second-order valence-electron chi connectivity index (χ2n) is 13.9. The van der Waals surface area contributed by atoms with E-state index in [4.69, 9.17) is 4.42 Å². The lowest BCUT2D eigenvalue weighted by Crippen LogP contribution is -1.95. The maximum atomic E-state index is 6.62. The van der Waals surface area contributed by atoms with Crippen LogP contribution in [-0.2, 0) is 0 Å². The molecule has 0 aliphatic rings. The lowest BCUT2D eigenvalue weighted by atomic mass is 9.81. The molecular weight excluding hydrogens is 641 g/mol. The van der Waals surface area contributed by atoms with E-state index in [2.05, 4.69) is 194 Å². The van der Waals surface area contributed by atoms with Crippen LogP contribution >= 0.6 is 0 Å². The lowest BCUT2D eigenvalue weighted by Gasteiger charge is -2.22. The van der Waals surface area contributed by atoms with E-state index in [1.54, 1.807) is 0 Å². The standard InChI is InChI=1S/C52H32O/c1-3-14-33(15-4-1)39-24-13-25-40(34-16-5-2-6-17-34)50(39)51-44-22-11-9-20-42(44)48(43-21-10-12-23-45(43)51)37-27-29-41-36(32-37)26-30-46-49-38-19-8-7-18-35(38)28-31-47(49)53-52(41)46/h1-32H. The molecule has 53 heavy (non-hydrogen) atoms. The molecule has 0 amide bonds. The van der Waals surface area contributed by atoms with Crippen molar-refractivity contribution < 1.29 is 4.42 Å². The van der Waals surface area contributed by atoms with E-state index in [0.717, 1.165) is 27.3 Å². The molecule has 0 spiro atoms. The fraction of sp³-hybridized carbons (Fsp3) is 0. The van der Waals surface area contributed by atoms with Crippen molar-refractivity contribution in [3.05, 3.63) is 194 Å². The third-order valence-corrected chi connectivity index (χ3v) is 11.0. The minimum atomic E-state index is 0.925. The van der Waals surface area contributed by atoms with Crippen molar-refractivity contribution in [3.63, 3.8) is 0 Å². The Balaban J connectivity index is 1.20. The first-order chi connectivity index (χ1) is 26.3. The number of rotatable bonds is 4. The Morgan fingerprint density at radius 1 is 0.283 bits per heavy atom. The zero-order valence-corrected chi connectivity index (χ0v) is 28.9. The first-order valence-electron chi connectivity index (χ1n) is 18.3. The van der Waals surface area contributed by atoms with Crippen LogP contribution in [0.5, 0.6) is 0 Å². The molecule has 0 bridgehead atoms. The molecule has 1 nitrogen and oxygen atoms in total. The van der Waals surface area contributed by atoms with Gasteiger partial charge in [-0.05, 0) is 106 Å². The minimum Gasteiger partial charge on any atom is -0.455 e. The molecule has 1 heterocycles. The maximum absolute atomic E-state index is 6.62. The number of fused-ring (bicyclic) bond motifs is 9. The summed E-state index contributed by atoms with van der Waals surface area (Å²) in [6, 6.07) is 70.5. The Morgan fingerprint density at radius 2 is 0.811 bits per heavy atom. The first-order valence-corrected chi connectivity index (χ1v) is 18.3. The topological polar surface area (TPSA) is 13.1 Å². The molecule has 0 atom stereocenters. The Morgan fingerprint density at radius 3 is 1.45 bits per heavy atom. The maximum Gasteiger partial charge on any atom is 0.143 e. The van der Waals surface area contributed by atoms with Gasteiger partial charge in [0.2, 0.25) is 0 Å². The van der Waals surface area contributed by atoms with Crippen LogP contribution < -0.4 is 0 Å². The largest absolute Gasteiger partial charge is 0.455 e. The van der Waals surface area contributed by atoms with Crippen LogP contribution in [0.25, 0.3) is 110 Å². The van der Waals surface area contributed by atoms with Gasteiger partial charge in [0.05, 0.1) is 0 Å². The highest BCUT2D eigenvalue weighted by atomic mass is 16.3. The molecule has 1 heteroatoms. The van der Waals surface area contributed by atoms with Gasteiger partial charge in [0.15, 0.2) is 0 Å². The van der Waals surface area contributed by atoms with E-state index in [1.165, 1.54) is 82.2 Å². The molecular formula is C52H32O. The highest BCUT2D eigenvalue weighted by Gasteiger charge is 2.22. The van der Waals surface area contributed by atoms with Crippen LogP contribution in [0.3, 0.4) is 0 Å². The lowest BCUT2D eigenvalue weighted by molar-refractivity contribution is 0.673. The Bertz CT molecular complexity index is 3090. The van der Waals surface area contributed by atoms with Crippen molar-refractivity contribution in [1.29, 1.82) is 0 Å². The summed E-state index contributed by atoms with van der Waals surface area (Å²) in [4.78, 5) is 0. The van der Waals surface area contributed by atoms with Gasteiger partial charge in [-0.2, -0.15) is 0 Å². The molecule has 0 saturated heterocycles. The van der Waals surface area contributed by atoms with Crippen LogP contribution in [0, 0.1) is 0 Å². The predicted octanol–water partition coefficient (Wildman–Crippen LogP) is 14.9. The smallest absolute Gasteiger partial charge is 0.143 e. The summed E-state index contributed by atoms with van der Waals surface area (Å²) in [5.74, 6) is 0. The molecule has 0 aliphatic heterocycles. The van der Waals surface area contributed by atoms with Crippen LogP contribution in [-0.4, -0.2) is 0 Å². The molecule has 0 unspecified atom stereocenters. The summed E-state index contributed by atoms with van der Waals surface area (Å²) in [6.07, 6.45) is 0. The minimum absolute atomic E-state index is 0.925. The third kappa shape index (κ3) is 4.58. The van der Waals surface area contributed by atoms with Crippen molar-refractivity contribution >= 4 is 65.0 Å². The van der Waals surface area contributed by atoms with Gasteiger partial charge < -0.3 is 4.42 Å². The Hall–Kier alpha value is -6.96. The fourth-order valence-corrected chi connectivity index (χ4v) is 8.73. The zero-order chi connectivity index (χ0) is 34.9. The van der Waals surface area contributed by atoms with E-state index in [-0.39, 0.29) is 0 Å². The van der Waals surface area contributed by atoms with Crippen LogP contribution in [0.4, 0.5) is 0 Å². The molecule has 0 aliphatic carbocycles. The second-order valence-corrected chi connectivity index (χ2v) is 13.9. The molecule has 10 aromatic carbocycles. The first kappa shape index (κ1) is 29.7. The molecule has 0 radical (unpaired) electrons. The van der Waals surface area contributed by atoms with E-state index in [9.17, 15) is 0 Å². The van der Waals surface area contributed by atoms with Gasteiger partial charge in [-0.1, -0.05) is 170 Å². The van der Waals surface area contributed by atoms with Gasteiger partial charge in [-0.3, -0.25) is 0 Å². The van der Waals surface area contributed by atoms with Crippen molar-refractivity contribution in [2.24, 2.45) is 0 Å². The molecule has 11 rings (SSSR count). The van der Waals surface area contributed by atoms with Crippen LogP contribution in [0.1, 0.15) is 0 Å². The summed E-state index contributed by atoms with van der Waals surface area (Å²) < 4.78 is 6.62. The SMILES string of the molecule is c1ccc(-c2cccc(-c3ccccc3)c2-c2c3ccccc3c(-c3ccc4c(ccc5c4oc4ccc6ccccc6c45)c3)c3ccccc23)cc1. The van der Waals surface area contributed by atoms with Gasteiger partial charge >= 0.3 is 0 Å². The molecule has 1 aromatic heterocycles. The monoisotopic (exact) mass is 672 g/mol. The number of hydrogen-bond donors (Lipinski definition) is 0. The van der Waals surface area contributed by atoms with E-state index >= 15 is 0 Å². The highest BCUT2D eigenvalue weighted by Crippen LogP contribution is 2.49. The van der Waals surface area contributed by atoms with Gasteiger partial charge in [-0.15, -0.1) is 0 Å². The quantitative estimate of drug-likeness (QED) is 0.170. The number of hydrogen-bond acceptors (Lipinski definition) is 1. The summed E-state index contributed by atoms with van der Waals surface area (Å²) in [7, 11) is 0. The Labute approximate surface area is 307 Å². The normalized spacial score (nSPS) is 11.8. The average molecular weight is 673 g/mol. The predicted molar refractivity (Wildman–Crippen MR) is 225 cm³/mol. The van der Waals surface area contributed by atoms with Crippen molar-refractivity contribution in [2.45, 2.75) is 0 Å². The van der Waals surface area contributed by atoms with Gasteiger partial charge in [-0.25, -0.2) is 0 Å². The zero-order valence-electron chi connectivity index (χ0n) is 28.9. The van der Waals surface area contributed by atoms with E-state index < -0.39 is 0 Å². The van der Waals surface area contributed by atoms with E-state index in [1.807, 2.05) is 0 Å². The van der Waals surface area contributed by atoms with Crippen molar-refractivity contribution in [2.75, 3.05) is 0 Å². The molecule has 0 N–H and O–H groups in total. The number of furan rings is 1. The van der Waals surface area contributed by atoms with Crippen LogP contribution in [0.2, 0.25) is 0 Å². The van der Waals surface area contributed by atoms with Crippen LogP contribution in [0.15, 0.2) is 199 Å². The summed E-state index contributed by atoms with van der Waals surface area (Å²) in [6.45, 7) is 0. The third-order valence-electron chi connectivity index (χ3n) is 11.0. The molecule has 0 saturated carbocycles. The fourth-order valence-electron chi connectivity index (χ4n) is 8.73. The summed E-state index contributed by atoms with van der Waals surface area (Å²) in [5.41, 5.74) is 11.7. The van der Waals surface area contributed by atoms with Gasteiger partial charge in [0.1, 0.15) is 11.2 Å². The van der Waals surface area contributed by atoms with E-state index in [0.29, 0.717) is 0 Å².